The van der Waals surface area contributed by atoms with Crippen LogP contribution in [0.3, 0.4) is 0 Å². The average molecular weight is 248 g/mol. The highest BCUT2D eigenvalue weighted by Crippen LogP contribution is 2.36. The van der Waals surface area contributed by atoms with Crippen LogP contribution in [0.5, 0.6) is 5.75 Å². The predicted molar refractivity (Wildman–Crippen MR) is 71.6 cm³/mol. The van der Waals surface area contributed by atoms with Crippen molar-refractivity contribution in [3.05, 3.63) is 40.3 Å². The Hall–Kier alpha value is -1.55. The first-order valence-electron chi connectivity index (χ1n) is 5.38. The molecule has 0 aliphatic heterocycles. The van der Waals surface area contributed by atoms with Crippen LogP contribution in [0.2, 0.25) is 0 Å². The summed E-state index contributed by atoms with van der Waals surface area (Å²) in [6, 6.07) is 5.93. The van der Waals surface area contributed by atoms with E-state index >= 15 is 0 Å². The topological polar surface area (TPSA) is 48.1 Å². The summed E-state index contributed by atoms with van der Waals surface area (Å²) in [5.41, 5.74) is 9.55. The normalized spacial score (nSPS) is 11.5. The molecule has 1 heterocycles. The van der Waals surface area contributed by atoms with Crippen LogP contribution in [0.15, 0.2) is 29.9 Å². The quantitative estimate of drug-likeness (QED) is 0.849. The number of hydrogen-bond donors (Lipinski definition) is 1. The number of methoxy groups -OCH3 is 1. The van der Waals surface area contributed by atoms with Gasteiger partial charge in [-0.15, -0.1) is 11.3 Å². The summed E-state index contributed by atoms with van der Waals surface area (Å²) >= 11 is 1.66. The van der Waals surface area contributed by atoms with Gasteiger partial charge in [-0.05, 0) is 17.7 Å². The van der Waals surface area contributed by atoms with Crippen molar-refractivity contribution >= 4 is 17.0 Å². The highest BCUT2D eigenvalue weighted by molar-refractivity contribution is 7.09. The molecule has 1 aromatic carbocycles. The van der Waals surface area contributed by atoms with E-state index in [0.717, 1.165) is 0 Å². The van der Waals surface area contributed by atoms with Crippen molar-refractivity contribution in [1.29, 1.82) is 0 Å². The zero-order chi connectivity index (χ0) is 12.5. The predicted octanol–water partition coefficient (Wildman–Crippen LogP) is 3.06. The monoisotopic (exact) mass is 248 g/mol. The van der Waals surface area contributed by atoms with Crippen LogP contribution in [0.4, 0.5) is 5.69 Å². The minimum Gasteiger partial charge on any atom is -0.495 e. The van der Waals surface area contributed by atoms with Crippen molar-refractivity contribution in [1.82, 2.24) is 4.98 Å². The number of nitrogen functional groups attached to an aromatic ring is 1. The first-order valence-corrected chi connectivity index (χ1v) is 6.26. The van der Waals surface area contributed by atoms with Gasteiger partial charge in [0.25, 0.3) is 0 Å². The molecular weight excluding hydrogens is 232 g/mol. The maximum atomic E-state index is 5.94. The van der Waals surface area contributed by atoms with Crippen LogP contribution in [0.25, 0.3) is 0 Å². The lowest BCUT2D eigenvalue weighted by Gasteiger charge is -2.24. The van der Waals surface area contributed by atoms with Crippen LogP contribution in [-0.2, 0) is 5.41 Å². The van der Waals surface area contributed by atoms with E-state index in [2.05, 4.69) is 24.9 Å². The second kappa shape index (κ2) is 4.37. The number of anilines is 1. The van der Waals surface area contributed by atoms with Crippen molar-refractivity contribution in [3.63, 3.8) is 0 Å². The minimum atomic E-state index is -0.0818. The number of aromatic nitrogens is 1. The fourth-order valence-corrected chi connectivity index (χ4v) is 2.56. The van der Waals surface area contributed by atoms with Gasteiger partial charge in [0.15, 0.2) is 0 Å². The van der Waals surface area contributed by atoms with E-state index in [1.165, 1.54) is 10.4 Å². The second-order valence-electron chi connectivity index (χ2n) is 4.45. The van der Waals surface area contributed by atoms with Gasteiger partial charge in [-0.3, -0.25) is 4.98 Å². The third-order valence-electron chi connectivity index (χ3n) is 3.00. The largest absolute Gasteiger partial charge is 0.495 e. The molecule has 0 aliphatic carbocycles. The Balaban J connectivity index is 2.43. The molecule has 0 saturated heterocycles. The first-order chi connectivity index (χ1) is 8.05. The molecule has 0 aliphatic rings. The lowest BCUT2D eigenvalue weighted by atomic mass is 9.83. The van der Waals surface area contributed by atoms with Crippen molar-refractivity contribution < 1.29 is 4.74 Å². The average Bonchev–Trinajstić information content (AvgIpc) is 2.83. The Bertz CT molecular complexity index is 506. The Kier molecular flexibility index (Phi) is 3.07. The Morgan fingerprint density at radius 1 is 1.35 bits per heavy atom. The molecule has 17 heavy (non-hydrogen) atoms. The summed E-state index contributed by atoms with van der Waals surface area (Å²) in [6.45, 7) is 4.34. The number of nitrogens with zero attached hydrogens (tertiary/aromatic N) is 1. The van der Waals surface area contributed by atoms with Crippen LogP contribution < -0.4 is 10.5 Å². The maximum Gasteiger partial charge on any atom is 0.141 e. The van der Waals surface area contributed by atoms with Crippen molar-refractivity contribution in [2.45, 2.75) is 19.3 Å². The van der Waals surface area contributed by atoms with E-state index in [4.69, 9.17) is 10.5 Å². The molecule has 0 fully saturated rings. The number of ether oxygens (including phenoxy) is 1. The van der Waals surface area contributed by atoms with Gasteiger partial charge < -0.3 is 10.5 Å². The molecule has 2 rings (SSSR count). The zero-order valence-electron chi connectivity index (χ0n) is 10.2. The van der Waals surface area contributed by atoms with E-state index in [9.17, 15) is 0 Å². The molecule has 0 saturated carbocycles. The highest BCUT2D eigenvalue weighted by atomic mass is 32.1. The Morgan fingerprint density at radius 2 is 2.12 bits per heavy atom. The van der Waals surface area contributed by atoms with E-state index in [0.29, 0.717) is 11.4 Å². The maximum absolute atomic E-state index is 5.94. The van der Waals surface area contributed by atoms with Gasteiger partial charge in [0.2, 0.25) is 0 Å². The third-order valence-corrected chi connectivity index (χ3v) is 4.10. The van der Waals surface area contributed by atoms with Crippen LogP contribution in [0, 0.1) is 0 Å². The van der Waals surface area contributed by atoms with E-state index in [1.807, 2.05) is 23.8 Å². The van der Waals surface area contributed by atoms with E-state index in [1.54, 1.807) is 18.4 Å². The van der Waals surface area contributed by atoms with E-state index in [-0.39, 0.29) is 5.41 Å². The molecule has 3 nitrogen and oxygen atoms in total. The third kappa shape index (κ3) is 2.13. The highest BCUT2D eigenvalue weighted by Gasteiger charge is 2.25. The molecule has 0 amide bonds. The molecule has 0 unspecified atom stereocenters. The number of rotatable bonds is 3. The lowest BCUT2D eigenvalue weighted by Crippen LogP contribution is -2.17. The summed E-state index contributed by atoms with van der Waals surface area (Å²) in [5, 5.41) is 0. The summed E-state index contributed by atoms with van der Waals surface area (Å²) in [4.78, 5) is 5.36. The molecular formula is C13H16N2OS. The Morgan fingerprint density at radius 3 is 2.65 bits per heavy atom. The summed E-state index contributed by atoms with van der Waals surface area (Å²) in [6.07, 6.45) is 1.91. The molecule has 0 bridgehead atoms. The second-order valence-corrected chi connectivity index (χ2v) is 5.33. The fourth-order valence-electron chi connectivity index (χ4n) is 1.79. The molecule has 0 atom stereocenters. The van der Waals surface area contributed by atoms with Gasteiger partial charge in [-0.1, -0.05) is 19.9 Å². The number of benzene rings is 1. The van der Waals surface area contributed by atoms with Crippen molar-refractivity contribution in [2.75, 3.05) is 12.8 Å². The van der Waals surface area contributed by atoms with E-state index < -0.39 is 0 Å². The van der Waals surface area contributed by atoms with Crippen LogP contribution in [-0.4, -0.2) is 12.1 Å². The van der Waals surface area contributed by atoms with Crippen LogP contribution in [0.1, 0.15) is 24.3 Å². The van der Waals surface area contributed by atoms with Gasteiger partial charge >= 0.3 is 0 Å². The number of thiazole rings is 1. The van der Waals surface area contributed by atoms with Crippen molar-refractivity contribution in [3.8, 4) is 5.75 Å². The number of nitrogens with two attached hydrogens (primary N) is 1. The molecule has 2 aromatic rings. The molecule has 0 radical (unpaired) electrons. The minimum absolute atomic E-state index is 0.0818. The fraction of sp³-hybridized carbons (Fsp3) is 0.308. The summed E-state index contributed by atoms with van der Waals surface area (Å²) in [5.74, 6) is 0.717. The lowest BCUT2D eigenvalue weighted by molar-refractivity contribution is 0.416. The molecule has 4 heteroatoms. The molecule has 90 valence electrons. The standard InChI is InChI=1S/C13H16N2OS/c1-13(2,12-7-15-8-17-12)9-4-5-11(16-3)10(14)6-9/h4-8H,14H2,1-3H3. The molecule has 0 spiro atoms. The van der Waals surface area contributed by atoms with Gasteiger partial charge in [-0.25, -0.2) is 0 Å². The van der Waals surface area contributed by atoms with Crippen molar-refractivity contribution in [2.24, 2.45) is 0 Å². The number of hydrogen-bond acceptors (Lipinski definition) is 4. The SMILES string of the molecule is COc1ccc(C(C)(C)c2cncs2)cc1N. The smallest absolute Gasteiger partial charge is 0.141 e. The van der Waals surface area contributed by atoms with Gasteiger partial charge in [-0.2, -0.15) is 0 Å². The van der Waals surface area contributed by atoms with Crippen LogP contribution >= 0.6 is 11.3 Å². The summed E-state index contributed by atoms with van der Waals surface area (Å²) in [7, 11) is 1.62. The first kappa shape index (κ1) is 11.9. The molecule has 2 N–H and O–H groups in total. The summed E-state index contributed by atoms with van der Waals surface area (Å²) < 4.78 is 5.17. The van der Waals surface area contributed by atoms with Gasteiger partial charge in [0.05, 0.1) is 18.3 Å². The van der Waals surface area contributed by atoms with Gasteiger partial charge in [0.1, 0.15) is 5.75 Å². The molecule has 1 aromatic heterocycles. The zero-order valence-corrected chi connectivity index (χ0v) is 11.0. The van der Waals surface area contributed by atoms with Gasteiger partial charge in [0, 0.05) is 16.5 Å². The Labute approximate surface area is 105 Å².